The fraction of sp³-hybridized carbons (Fsp3) is 0.333. The fourth-order valence-electron chi connectivity index (χ4n) is 2.45. The summed E-state index contributed by atoms with van der Waals surface area (Å²) < 4.78 is 5.77. The number of aromatic nitrogens is 1. The van der Waals surface area contributed by atoms with E-state index in [2.05, 4.69) is 4.98 Å². The molecule has 1 amide bonds. The van der Waals surface area contributed by atoms with Crippen LogP contribution in [0.25, 0.3) is 0 Å². The van der Waals surface area contributed by atoms with Crippen LogP contribution in [0.4, 0.5) is 0 Å². The highest BCUT2D eigenvalue weighted by atomic mass is 16.5. The van der Waals surface area contributed by atoms with Gasteiger partial charge in [-0.1, -0.05) is 18.2 Å². The Hall–Kier alpha value is -2.36. The van der Waals surface area contributed by atoms with Gasteiger partial charge in [0.05, 0.1) is 0 Å². The maximum Gasteiger partial charge on any atom is 0.263 e. The third-order valence-corrected chi connectivity index (χ3v) is 3.78. The first-order valence-corrected chi connectivity index (χ1v) is 7.65. The molecule has 0 spiro atoms. The molecule has 0 saturated heterocycles. The molecule has 0 aliphatic heterocycles. The highest BCUT2D eigenvalue weighted by Gasteiger charge is 2.35. The maximum atomic E-state index is 12.7. The van der Waals surface area contributed by atoms with Crippen molar-refractivity contribution in [1.29, 1.82) is 0 Å². The Balaban J connectivity index is 1.67. The van der Waals surface area contributed by atoms with Crippen LogP contribution in [0.3, 0.4) is 0 Å². The summed E-state index contributed by atoms with van der Waals surface area (Å²) in [6.07, 6.45) is 5.19. The highest BCUT2D eigenvalue weighted by molar-refractivity contribution is 5.81. The average molecular weight is 296 g/mol. The van der Waals surface area contributed by atoms with Crippen LogP contribution >= 0.6 is 0 Å². The molecule has 1 aromatic heterocycles. The van der Waals surface area contributed by atoms with Crippen LogP contribution in [0, 0.1) is 0 Å². The predicted octanol–water partition coefficient (Wildman–Crippen LogP) is 3.04. The first kappa shape index (κ1) is 14.6. The van der Waals surface area contributed by atoms with Crippen molar-refractivity contribution in [3.05, 3.63) is 60.4 Å². The second-order valence-electron chi connectivity index (χ2n) is 5.63. The van der Waals surface area contributed by atoms with E-state index >= 15 is 0 Å². The van der Waals surface area contributed by atoms with E-state index in [9.17, 15) is 4.79 Å². The number of carbonyl (C=O) groups is 1. The smallest absolute Gasteiger partial charge is 0.263 e. The van der Waals surface area contributed by atoms with Gasteiger partial charge in [0.15, 0.2) is 6.10 Å². The van der Waals surface area contributed by atoms with Crippen LogP contribution in [0.1, 0.15) is 25.3 Å². The van der Waals surface area contributed by atoms with Crippen molar-refractivity contribution < 1.29 is 9.53 Å². The van der Waals surface area contributed by atoms with Gasteiger partial charge in [-0.15, -0.1) is 0 Å². The van der Waals surface area contributed by atoms with Crippen LogP contribution in [-0.4, -0.2) is 27.9 Å². The van der Waals surface area contributed by atoms with Crippen molar-refractivity contribution in [3.63, 3.8) is 0 Å². The minimum atomic E-state index is -0.482. The van der Waals surface area contributed by atoms with Crippen molar-refractivity contribution in [2.24, 2.45) is 0 Å². The van der Waals surface area contributed by atoms with Crippen LogP contribution < -0.4 is 4.74 Å². The van der Waals surface area contributed by atoms with Gasteiger partial charge in [-0.25, -0.2) is 0 Å². The molecule has 22 heavy (non-hydrogen) atoms. The summed E-state index contributed by atoms with van der Waals surface area (Å²) in [7, 11) is 0. The van der Waals surface area contributed by atoms with Gasteiger partial charge >= 0.3 is 0 Å². The quantitative estimate of drug-likeness (QED) is 0.823. The number of para-hydroxylation sites is 1. The van der Waals surface area contributed by atoms with Crippen LogP contribution in [0.15, 0.2) is 54.9 Å². The first-order valence-electron chi connectivity index (χ1n) is 7.65. The highest BCUT2D eigenvalue weighted by Crippen LogP contribution is 2.29. The zero-order chi connectivity index (χ0) is 15.4. The number of hydrogen-bond donors (Lipinski definition) is 0. The van der Waals surface area contributed by atoms with Gasteiger partial charge in [-0.05, 0) is 49.6 Å². The largest absolute Gasteiger partial charge is 0.481 e. The number of rotatable bonds is 6. The monoisotopic (exact) mass is 296 g/mol. The lowest BCUT2D eigenvalue weighted by atomic mass is 10.2. The number of benzene rings is 1. The van der Waals surface area contributed by atoms with Gasteiger partial charge in [0, 0.05) is 25.0 Å². The van der Waals surface area contributed by atoms with Crippen molar-refractivity contribution in [2.75, 3.05) is 0 Å². The van der Waals surface area contributed by atoms with Gasteiger partial charge in [0.1, 0.15) is 5.75 Å². The van der Waals surface area contributed by atoms with Crippen molar-refractivity contribution >= 4 is 5.91 Å². The number of amides is 1. The normalized spacial score (nSPS) is 15.1. The number of ether oxygens (including phenoxy) is 1. The molecule has 114 valence electrons. The molecule has 3 rings (SSSR count). The van der Waals surface area contributed by atoms with Crippen molar-refractivity contribution in [3.8, 4) is 5.75 Å². The van der Waals surface area contributed by atoms with Crippen molar-refractivity contribution in [1.82, 2.24) is 9.88 Å². The molecule has 1 aliphatic carbocycles. The zero-order valence-electron chi connectivity index (χ0n) is 12.7. The van der Waals surface area contributed by atoms with Gasteiger partial charge in [-0.3, -0.25) is 9.78 Å². The first-order chi connectivity index (χ1) is 10.7. The Kier molecular flexibility index (Phi) is 4.37. The second kappa shape index (κ2) is 6.60. The molecule has 0 radical (unpaired) electrons. The van der Waals surface area contributed by atoms with Gasteiger partial charge < -0.3 is 9.64 Å². The summed E-state index contributed by atoms with van der Waals surface area (Å²) in [5, 5.41) is 0. The standard InChI is InChI=1S/C18H20N2O2/c1-14(22-17-5-3-2-4-6-17)18(21)20(16-7-8-16)13-15-9-11-19-12-10-15/h2-6,9-12,14,16H,7-8,13H2,1H3/t14-/m0/s1. The molecular formula is C18H20N2O2. The Morgan fingerprint density at radius 2 is 1.91 bits per heavy atom. The SMILES string of the molecule is C[C@H](Oc1ccccc1)C(=O)N(Cc1ccncc1)C1CC1. The summed E-state index contributed by atoms with van der Waals surface area (Å²) in [5.41, 5.74) is 1.10. The van der Waals surface area contributed by atoms with Crippen LogP contribution in [0.2, 0.25) is 0 Å². The third kappa shape index (κ3) is 3.64. The Labute approximate surface area is 130 Å². The van der Waals surface area contributed by atoms with Gasteiger partial charge in [-0.2, -0.15) is 0 Å². The zero-order valence-corrected chi connectivity index (χ0v) is 12.7. The van der Waals surface area contributed by atoms with Crippen LogP contribution in [0.5, 0.6) is 5.75 Å². The summed E-state index contributed by atoms with van der Waals surface area (Å²) in [4.78, 5) is 18.7. The maximum absolute atomic E-state index is 12.7. The number of pyridine rings is 1. The van der Waals surface area contributed by atoms with Crippen molar-refractivity contribution in [2.45, 2.75) is 38.5 Å². The molecular weight excluding hydrogens is 276 g/mol. The number of carbonyl (C=O) groups excluding carboxylic acids is 1. The summed E-state index contributed by atoms with van der Waals surface area (Å²) in [5.74, 6) is 0.770. The van der Waals surface area contributed by atoms with E-state index in [0.717, 1.165) is 24.2 Å². The lowest BCUT2D eigenvalue weighted by Gasteiger charge is -2.26. The number of hydrogen-bond acceptors (Lipinski definition) is 3. The minimum absolute atomic E-state index is 0.0446. The van der Waals surface area contributed by atoms with E-state index < -0.39 is 6.10 Å². The molecule has 1 fully saturated rings. The molecule has 1 atom stereocenters. The molecule has 4 nitrogen and oxygen atoms in total. The molecule has 1 aromatic carbocycles. The van der Waals surface area contributed by atoms with E-state index in [-0.39, 0.29) is 5.91 Å². The fourth-order valence-corrected chi connectivity index (χ4v) is 2.45. The summed E-state index contributed by atoms with van der Waals surface area (Å²) >= 11 is 0. The van der Waals surface area contributed by atoms with Gasteiger partial charge in [0.25, 0.3) is 5.91 Å². The van der Waals surface area contributed by atoms with E-state index in [1.807, 2.05) is 54.3 Å². The molecule has 4 heteroatoms. The van der Waals surface area contributed by atoms with E-state index in [4.69, 9.17) is 4.74 Å². The van der Waals surface area contributed by atoms with E-state index in [1.165, 1.54) is 0 Å². The molecule has 2 aromatic rings. The Morgan fingerprint density at radius 1 is 1.23 bits per heavy atom. The van der Waals surface area contributed by atoms with E-state index in [1.54, 1.807) is 12.4 Å². The summed E-state index contributed by atoms with van der Waals surface area (Å²) in [6, 6.07) is 13.7. The topological polar surface area (TPSA) is 42.4 Å². The molecule has 0 unspecified atom stereocenters. The molecule has 1 heterocycles. The third-order valence-electron chi connectivity index (χ3n) is 3.78. The molecule has 1 saturated carbocycles. The molecule has 0 N–H and O–H groups in total. The summed E-state index contributed by atoms with van der Waals surface area (Å²) in [6.45, 7) is 2.44. The molecule has 1 aliphatic rings. The van der Waals surface area contributed by atoms with Crippen LogP contribution in [-0.2, 0) is 11.3 Å². The Bertz CT molecular complexity index is 611. The minimum Gasteiger partial charge on any atom is -0.481 e. The second-order valence-corrected chi connectivity index (χ2v) is 5.63. The van der Waals surface area contributed by atoms with E-state index in [0.29, 0.717) is 12.6 Å². The number of nitrogens with zero attached hydrogens (tertiary/aromatic N) is 2. The predicted molar refractivity (Wildman–Crippen MR) is 84.3 cm³/mol. The Morgan fingerprint density at radius 3 is 2.55 bits per heavy atom. The van der Waals surface area contributed by atoms with Gasteiger partial charge in [0.2, 0.25) is 0 Å². The molecule has 0 bridgehead atoms. The lowest BCUT2D eigenvalue weighted by Crippen LogP contribution is -2.41. The average Bonchev–Trinajstić information content (AvgIpc) is 3.39. The lowest BCUT2D eigenvalue weighted by molar-refractivity contribution is -0.139.